The number of fused-ring (bicyclic) bond motifs is 1. The third kappa shape index (κ3) is 19.6. The molecule has 8 atom stereocenters. The summed E-state index contributed by atoms with van der Waals surface area (Å²) >= 11 is 4.78. The highest BCUT2D eigenvalue weighted by Gasteiger charge is 2.39. The second-order valence-electron chi connectivity index (χ2n) is 20.9. The van der Waals surface area contributed by atoms with Crippen LogP contribution in [0.15, 0.2) is 72.2 Å². The number of amides is 10. The summed E-state index contributed by atoms with van der Waals surface area (Å²) in [4.78, 5) is 153. The van der Waals surface area contributed by atoms with Crippen LogP contribution in [-0.4, -0.2) is 175 Å². The number of nitrogens with two attached hydrogens (primary N) is 3. The standard InChI is InChI=1S/C54H74N18O12S/c1-28(2)19-37(47(79)65-36(9-5-17-59-53(55)56)52(84)72-18-6-10-42(72)51(83)70-71-54(57)85)64-44(76)25-61-45(77)38(20-29-11-13-32(74)14-12-29)66-50(82)41(26-73)69-48(80)39(21-30-23-60-34-8-4-3-7-33(30)34)67-49(81)40(22-31-24-58-27-62-31)68-46(78)35-15-16-43(75)63-35/h3-4,7-8,11-14,23-24,27-28,35-42,60,73-74H,5-6,9-10,15-22,25-26H2,1-2H3,(H,58,62)(H,61,77)(H,63,75)(H,64,76)(H,65,79)(H,66,82)(H,67,81)(H,68,78)(H,69,80)(H,70,83)(H4,55,56,59)(H3,57,71,85)/t35-,36-,37-,38-,39-,40-,41-,42-/m0/s1. The average molecular weight is 1200 g/mol. The Hall–Kier alpha value is -9.39. The number of hydrogen-bond acceptors (Lipinski definition) is 15. The van der Waals surface area contributed by atoms with E-state index in [-0.39, 0.29) is 93.1 Å². The first-order valence-corrected chi connectivity index (χ1v) is 28.0. The van der Waals surface area contributed by atoms with E-state index in [1.165, 1.54) is 41.7 Å². The zero-order valence-corrected chi connectivity index (χ0v) is 47.7. The van der Waals surface area contributed by atoms with E-state index in [4.69, 9.17) is 29.4 Å². The molecule has 4 aromatic rings. The first kappa shape index (κ1) is 64.8. The number of carbonyl (C=O) groups excluding carboxylic acids is 10. The number of benzene rings is 2. The number of likely N-dealkylation sites (tertiary alicyclic amines) is 1. The van der Waals surface area contributed by atoms with E-state index < -0.39 is 115 Å². The molecule has 2 aromatic carbocycles. The molecule has 0 saturated carbocycles. The minimum Gasteiger partial charge on any atom is -0.508 e. The molecule has 2 aliphatic heterocycles. The first-order chi connectivity index (χ1) is 40.6. The Balaban J connectivity index is 1.16. The fourth-order valence-corrected chi connectivity index (χ4v) is 9.76. The van der Waals surface area contributed by atoms with Crippen molar-refractivity contribution in [3.8, 4) is 5.75 Å². The van der Waals surface area contributed by atoms with E-state index in [1.807, 2.05) is 0 Å². The maximum absolute atomic E-state index is 14.4. The highest BCUT2D eigenvalue weighted by molar-refractivity contribution is 7.80. The summed E-state index contributed by atoms with van der Waals surface area (Å²) in [5, 5.41) is 41.9. The second-order valence-corrected chi connectivity index (χ2v) is 21.4. The number of H-pyrrole nitrogens is 2. The quantitative estimate of drug-likeness (QED) is 0.00807. The van der Waals surface area contributed by atoms with Crippen molar-refractivity contribution in [1.82, 2.24) is 73.2 Å². The number of aromatic nitrogens is 3. The Kier molecular flexibility index (Phi) is 23.9. The van der Waals surface area contributed by atoms with E-state index in [0.29, 0.717) is 40.6 Å². The number of imidazole rings is 1. The highest BCUT2D eigenvalue weighted by Crippen LogP contribution is 2.22. The normalized spacial score (nSPS) is 16.7. The zero-order chi connectivity index (χ0) is 61.7. The fourth-order valence-electron chi connectivity index (χ4n) is 9.71. The van der Waals surface area contributed by atoms with Gasteiger partial charge in [-0.2, -0.15) is 0 Å². The Bertz CT molecular complexity index is 3060. The molecule has 0 radical (unpaired) electrons. The fraction of sp³-hybridized carbons (Fsp3) is 0.463. The number of rotatable bonds is 29. The number of guanidine groups is 1. The number of hydrogen-bond donors (Lipinski definition) is 17. The number of thiocarbonyl (C=S) groups is 1. The number of nitrogens with one attached hydrogen (secondary N) is 12. The Morgan fingerprint density at radius 1 is 0.765 bits per heavy atom. The molecule has 30 nitrogen and oxygen atoms in total. The van der Waals surface area contributed by atoms with Gasteiger partial charge in [-0.1, -0.05) is 44.2 Å². The number of phenolic OH excluding ortho intramolecular Hbond substituents is 1. The van der Waals surface area contributed by atoms with Crippen LogP contribution in [0.1, 0.15) is 75.6 Å². The minimum atomic E-state index is -1.75. The number of nitrogens with zero attached hydrogens (tertiary/aromatic N) is 3. The van der Waals surface area contributed by atoms with Gasteiger partial charge < -0.3 is 84.8 Å². The van der Waals surface area contributed by atoms with Crippen molar-refractivity contribution < 1.29 is 58.2 Å². The minimum absolute atomic E-state index is 0.0333. The summed E-state index contributed by atoms with van der Waals surface area (Å²) < 4.78 is 0. The number of aromatic amines is 2. The molecule has 458 valence electrons. The number of carbonyl (C=O) groups is 10. The van der Waals surface area contributed by atoms with Crippen LogP contribution in [-0.2, 0) is 67.2 Å². The van der Waals surface area contributed by atoms with Crippen molar-refractivity contribution in [2.24, 2.45) is 28.1 Å². The molecule has 2 fully saturated rings. The van der Waals surface area contributed by atoms with Gasteiger partial charge in [-0.15, -0.1) is 0 Å². The Labute approximate surface area is 493 Å². The molecular formula is C54H74N18O12S. The number of aliphatic hydroxyl groups is 1. The van der Waals surface area contributed by atoms with Crippen LogP contribution in [0.5, 0.6) is 5.75 Å². The van der Waals surface area contributed by atoms with Gasteiger partial charge in [0.15, 0.2) is 11.1 Å². The third-order valence-corrected chi connectivity index (χ3v) is 14.1. The van der Waals surface area contributed by atoms with Crippen molar-refractivity contribution in [1.29, 1.82) is 0 Å². The van der Waals surface area contributed by atoms with Gasteiger partial charge in [-0.3, -0.25) is 63.8 Å². The smallest absolute Gasteiger partial charge is 0.261 e. The van der Waals surface area contributed by atoms with Crippen molar-refractivity contribution in [3.63, 3.8) is 0 Å². The van der Waals surface area contributed by atoms with Crippen molar-refractivity contribution >= 4 is 93.3 Å². The number of aliphatic imine (C=N–C) groups is 1. The zero-order valence-electron chi connectivity index (χ0n) is 46.9. The van der Waals surface area contributed by atoms with E-state index in [1.54, 1.807) is 44.3 Å². The number of phenols is 1. The summed E-state index contributed by atoms with van der Waals surface area (Å²) in [6.45, 7) is 2.14. The molecule has 0 bridgehead atoms. The number of aromatic hydroxyl groups is 1. The van der Waals surface area contributed by atoms with E-state index >= 15 is 0 Å². The van der Waals surface area contributed by atoms with Crippen LogP contribution in [0, 0.1) is 5.92 Å². The number of para-hydroxylation sites is 1. The molecule has 0 spiro atoms. The van der Waals surface area contributed by atoms with Crippen molar-refractivity contribution in [3.05, 3.63) is 84.1 Å². The lowest BCUT2D eigenvalue weighted by atomic mass is 10.0. The maximum Gasteiger partial charge on any atom is 0.261 e. The van der Waals surface area contributed by atoms with Crippen molar-refractivity contribution in [2.75, 3.05) is 26.2 Å². The predicted octanol–water partition coefficient (Wildman–Crippen LogP) is -4.12. The van der Waals surface area contributed by atoms with Gasteiger partial charge in [0.25, 0.3) is 5.91 Å². The van der Waals surface area contributed by atoms with Gasteiger partial charge in [0.2, 0.25) is 53.2 Å². The van der Waals surface area contributed by atoms with E-state index in [0.717, 1.165) is 0 Å². The van der Waals surface area contributed by atoms with Gasteiger partial charge in [0.05, 0.1) is 19.5 Å². The van der Waals surface area contributed by atoms with Gasteiger partial charge in [0, 0.05) is 67.8 Å². The SMILES string of the molecule is CC(C)C[C@H](NC(=O)CNC(=O)[C@H](Cc1ccc(O)cc1)NC(=O)[C@H](CO)NC(=O)[C@H](Cc1c[nH]c2ccccc12)NC(=O)[C@H](Cc1cnc[nH]1)NC(=O)[C@@H]1CCC(=O)N1)C(=O)N[C@@H](CCCN=C(N)N)C(=O)N1CCC[C@H]1C(=O)NNC(N)=S. The van der Waals surface area contributed by atoms with Crippen LogP contribution < -0.4 is 70.6 Å². The van der Waals surface area contributed by atoms with Crippen molar-refractivity contribution in [2.45, 2.75) is 126 Å². The van der Waals surface area contributed by atoms with Crippen LogP contribution in [0.25, 0.3) is 10.9 Å². The van der Waals surface area contributed by atoms with E-state index in [2.05, 4.69) is 73.3 Å². The molecular weight excluding hydrogens is 1120 g/mol. The first-order valence-electron chi connectivity index (χ1n) is 27.6. The molecule has 10 amide bonds. The molecule has 85 heavy (non-hydrogen) atoms. The largest absolute Gasteiger partial charge is 0.508 e. The van der Waals surface area contributed by atoms with E-state index in [9.17, 15) is 58.2 Å². The number of hydrazine groups is 1. The molecule has 2 aromatic heterocycles. The summed E-state index contributed by atoms with van der Waals surface area (Å²) in [6, 6.07) is 2.48. The van der Waals surface area contributed by atoms with Crippen LogP contribution in [0.2, 0.25) is 0 Å². The third-order valence-electron chi connectivity index (χ3n) is 14.0. The average Bonchev–Trinajstić information content (AvgIpc) is 4.32. The molecule has 0 unspecified atom stereocenters. The lowest BCUT2D eigenvalue weighted by molar-refractivity contribution is -0.142. The molecule has 20 N–H and O–H groups in total. The summed E-state index contributed by atoms with van der Waals surface area (Å²) in [6.07, 6.45) is 5.36. The molecule has 4 heterocycles. The van der Waals surface area contributed by atoms with Crippen LogP contribution in [0.4, 0.5) is 0 Å². The lowest BCUT2D eigenvalue weighted by Gasteiger charge is -2.30. The van der Waals surface area contributed by atoms with Gasteiger partial charge >= 0.3 is 0 Å². The molecule has 6 rings (SSSR count). The molecule has 2 aliphatic rings. The molecule has 31 heteroatoms. The predicted molar refractivity (Wildman–Crippen MR) is 311 cm³/mol. The van der Waals surface area contributed by atoms with Crippen LogP contribution >= 0.6 is 12.2 Å². The second kappa shape index (κ2) is 31.3. The molecule has 2 saturated heterocycles. The lowest BCUT2D eigenvalue weighted by Crippen LogP contribution is -2.60. The summed E-state index contributed by atoms with van der Waals surface area (Å²) in [7, 11) is 0. The Morgan fingerprint density at radius 2 is 1.42 bits per heavy atom. The summed E-state index contributed by atoms with van der Waals surface area (Å²) in [5.74, 6) is -7.96. The van der Waals surface area contributed by atoms with Gasteiger partial charge in [-0.25, -0.2) is 4.98 Å². The number of aliphatic hydroxyl groups excluding tert-OH is 1. The maximum atomic E-state index is 14.4. The summed E-state index contributed by atoms with van der Waals surface area (Å²) in [5.41, 5.74) is 23.4. The Morgan fingerprint density at radius 3 is 2.07 bits per heavy atom. The van der Waals surface area contributed by atoms with Gasteiger partial charge in [-0.05, 0) is 86.0 Å². The topological polar surface area (TPSA) is 470 Å². The van der Waals surface area contributed by atoms with Gasteiger partial charge in [0.1, 0.15) is 54.1 Å². The monoisotopic (exact) mass is 1200 g/mol. The van der Waals surface area contributed by atoms with Crippen LogP contribution in [0.3, 0.4) is 0 Å². The highest BCUT2D eigenvalue weighted by atomic mass is 32.1. The molecule has 0 aliphatic carbocycles.